The van der Waals surface area contributed by atoms with E-state index in [1.54, 1.807) is 17.0 Å². The van der Waals surface area contributed by atoms with Gasteiger partial charge in [-0.15, -0.1) is 0 Å². The van der Waals surface area contributed by atoms with E-state index in [-0.39, 0.29) is 18.2 Å². The fourth-order valence-electron chi connectivity index (χ4n) is 3.78. The molecule has 6 heteroatoms. The Morgan fingerprint density at radius 3 is 2.57 bits per heavy atom. The quantitative estimate of drug-likeness (QED) is 0.707. The summed E-state index contributed by atoms with van der Waals surface area (Å²) in [7, 11) is 0. The molecule has 0 bridgehead atoms. The van der Waals surface area contributed by atoms with Crippen molar-refractivity contribution in [2.75, 3.05) is 18.4 Å². The summed E-state index contributed by atoms with van der Waals surface area (Å²) in [6.07, 6.45) is 1.85. The number of para-hydroxylation sites is 2. The first-order valence-electron chi connectivity index (χ1n) is 9.92. The Balaban J connectivity index is 1.26. The predicted molar refractivity (Wildman–Crippen MR) is 106 cm³/mol. The molecule has 1 saturated heterocycles. The molecule has 146 valence electrons. The molecular weight excluding hydrogens is 354 g/mol. The molecular formula is C22H26N3O3+. The molecule has 2 aromatic rings. The second kappa shape index (κ2) is 8.44. The van der Waals surface area contributed by atoms with Gasteiger partial charge in [-0.1, -0.05) is 36.4 Å². The van der Waals surface area contributed by atoms with Crippen LogP contribution in [-0.4, -0.2) is 31.0 Å². The van der Waals surface area contributed by atoms with Crippen molar-refractivity contribution >= 4 is 17.5 Å². The van der Waals surface area contributed by atoms with Crippen LogP contribution in [0.25, 0.3) is 0 Å². The zero-order valence-electron chi connectivity index (χ0n) is 15.9. The van der Waals surface area contributed by atoms with Crippen molar-refractivity contribution in [2.45, 2.75) is 38.5 Å². The molecule has 2 aromatic carbocycles. The normalized spacial score (nSPS) is 18.9. The number of ether oxygens (including phenoxy) is 1. The van der Waals surface area contributed by atoms with E-state index >= 15 is 0 Å². The third-order valence-electron chi connectivity index (χ3n) is 5.35. The van der Waals surface area contributed by atoms with Gasteiger partial charge in [0.1, 0.15) is 12.3 Å². The number of quaternary nitrogens is 1. The zero-order valence-corrected chi connectivity index (χ0v) is 15.9. The fourth-order valence-corrected chi connectivity index (χ4v) is 3.78. The van der Waals surface area contributed by atoms with Gasteiger partial charge in [0.05, 0.1) is 25.2 Å². The number of carbonyl (C=O) groups is 2. The lowest BCUT2D eigenvalue weighted by molar-refractivity contribution is -0.901. The average Bonchev–Trinajstić information content (AvgIpc) is 3.21. The molecule has 2 aliphatic rings. The van der Waals surface area contributed by atoms with Crippen LogP contribution in [0, 0.1) is 0 Å². The smallest absolute Gasteiger partial charge is 0.266 e. The fraction of sp³-hybridized carbons (Fsp3) is 0.364. The van der Waals surface area contributed by atoms with E-state index in [0.29, 0.717) is 18.0 Å². The van der Waals surface area contributed by atoms with Gasteiger partial charge in [-0.05, 0) is 17.7 Å². The number of carbonyl (C=O) groups excluding carboxylic acids is 2. The van der Waals surface area contributed by atoms with Gasteiger partial charge < -0.3 is 20.3 Å². The van der Waals surface area contributed by atoms with Gasteiger partial charge in [-0.2, -0.15) is 0 Å². The first-order valence-corrected chi connectivity index (χ1v) is 9.92. The first kappa shape index (κ1) is 18.5. The van der Waals surface area contributed by atoms with Gasteiger partial charge in [-0.3, -0.25) is 9.59 Å². The minimum Gasteiger partial charge on any atom is -0.478 e. The maximum absolute atomic E-state index is 12.3. The molecule has 1 atom stereocenters. The summed E-state index contributed by atoms with van der Waals surface area (Å²) in [5.74, 6) is 0.100. The van der Waals surface area contributed by atoms with Crippen LogP contribution in [0.3, 0.4) is 0 Å². The van der Waals surface area contributed by atoms with Crippen molar-refractivity contribution in [2.24, 2.45) is 0 Å². The van der Waals surface area contributed by atoms with E-state index < -0.39 is 6.10 Å². The van der Waals surface area contributed by atoms with Crippen LogP contribution in [0.15, 0.2) is 48.5 Å². The molecule has 3 N–H and O–H groups in total. The lowest BCUT2D eigenvalue weighted by atomic mass is 10.1. The van der Waals surface area contributed by atoms with Gasteiger partial charge in [0.2, 0.25) is 5.91 Å². The molecule has 2 heterocycles. The molecule has 0 radical (unpaired) electrons. The topological polar surface area (TPSA) is 71.9 Å². The van der Waals surface area contributed by atoms with Gasteiger partial charge in [-0.25, -0.2) is 0 Å². The Morgan fingerprint density at radius 2 is 1.79 bits per heavy atom. The minimum atomic E-state index is -0.805. The Labute approximate surface area is 164 Å². The molecule has 0 spiro atoms. The van der Waals surface area contributed by atoms with E-state index in [0.717, 1.165) is 12.1 Å². The monoisotopic (exact) mass is 380 g/mol. The van der Waals surface area contributed by atoms with Crippen LogP contribution in [0.4, 0.5) is 5.69 Å². The molecule has 1 fully saturated rings. The highest BCUT2D eigenvalue weighted by Gasteiger charge is 2.29. The molecule has 0 unspecified atom stereocenters. The number of benzene rings is 2. The second-order valence-corrected chi connectivity index (χ2v) is 7.52. The molecule has 2 aliphatic heterocycles. The summed E-state index contributed by atoms with van der Waals surface area (Å²) in [5, 5.41) is 5.66. The number of hydrogen-bond acceptors (Lipinski definition) is 3. The zero-order chi connectivity index (χ0) is 19.3. The maximum Gasteiger partial charge on any atom is 0.266 e. The van der Waals surface area contributed by atoms with E-state index in [1.165, 1.54) is 31.5 Å². The molecule has 0 aliphatic carbocycles. The number of anilines is 1. The summed E-state index contributed by atoms with van der Waals surface area (Å²) >= 11 is 0. The largest absolute Gasteiger partial charge is 0.478 e. The molecule has 2 amide bonds. The van der Waals surface area contributed by atoms with Crippen LogP contribution < -0.4 is 20.3 Å². The van der Waals surface area contributed by atoms with Crippen molar-refractivity contribution in [1.82, 2.24) is 5.32 Å². The minimum absolute atomic E-state index is 0.00340. The maximum atomic E-state index is 12.3. The van der Waals surface area contributed by atoms with E-state index in [9.17, 15) is 9.59 Å². The van der Waals surface area contributed by atoms with Crippen molar-refractivity contribution in [3.8, 4) is 5.75 Å². The summed E-state index contributed by atoms with van der Waals surface area (Å²) in [6, 6.07) is 15.6. The van der Waals surface area contributed by atoms with E-state index in [1.807, 2.05) is 12.1 Å². The standard InChI is InChI=1S/C22H25N3O3/c26-21(13-20-22(27)24-18-5-1-2-6-19(18)28-20)23-14-16-7-9-17(10-8-16)15-25-11-3-4-12-25/h1-2,5-10,20H,3-4,11-15H2,(H,23,26)(H,24,27)/p+1/t20-/m1/s1. The molecule has 28 heavy (non-hydrogen) atoms. The SMILES string of the molecule is O=C(C[C@H]1Oc2ccccc2NC1=O)NCc1ccc(C[NH+]2CCCC2)cc1. The van der Waals surface area contributed by atoms with Crippen molar-refractivity contribution < 1.29 is 19.2 Å². The number of hydrogen-bond donors (Lipinski definition) is 3. The Kier molecular flexibility index (Phi) is 5.58. The first-order chi connectivity index (χ1) is 13.7. The lowest BCUT2D eigenvalue weighted by Crippen LogP contribution is -3.08. The number of nitrogens with one attached hydrogen (secondary N) is 3. The van der Waals surface area contributed by atoms with Crippen molar-refractivity contribution in [1.29, 1.82) is 0 Å². The van der Waals surface area contributed by atoms with Crippen molar-refractivity contribution in [3.63, 3.8) is 0 Å². The van der Waals surface area contributed by atoms with Gasteiger partial charge in [0.15, 0.2) is 6.10 Å². The molecule has 4 rings (SSSR count). The van der Waals surface area contributed by atoms with Gasteiger partial charge in [0, 0.05) is 24.9 Å². The summed E-state index contributed by atoms with van der Waals surface area (Å²) in [4.78, 5) is 26.0. The molecule has 0 aromatic heterocycles. The van der Waals surface area contributed by atoms with Crippen LogP contribution in [0.1, 0.15) is 30.4 Å². The average molecular weight is 380 g/mol. The summed E-state index contributed by atoms with van der Waals surface area (Å²) in [6.45, 7) is 4.04. The third kappa shape index (κ3) is 4.51. The van der Waals surface area contributed by atoms with Crippen LogP contribution in [0.2, 0.25) is 0 Å². The molecule has 0 saturated carbocycles. The Hall–Kier alpha value is -2.86. The predicted octanol–water partition coefficient (Wildman–Crippen LogP) is 1.27. The highest BCUT2D eigenvalue weighted by Crippen LogP contribution is 2.29. The van der Waals surface area contributed by atoms with Crippen LogP contribution in [-0.2, 0) is 22.7 Å². The number of likely N-dealkylation sites (tertiary alicyclic amines) is 1. The number of amides is 2. The number of fused-ring (bicyclic) bond motifs is 1. The van der Waals surface area contributed by atoms with Gasteiger partial charge >= 0.3 is 0 Å². The van der Waals surface area contributed by atoms with Gasteiger partial charge in [0.25, 0.3) is 5.91 Å². The second-order valence-electron chi connectivity index (χ2n) is 7.52. The Morgan fingerprint density at radius 1 is 1.07 bits per heavy atom. The van der Waals surface area contributed by atoms with E-state index in [2.05, 4.69) is 34.9 Å². The van der Waals surface area contributed by atoms with Crippen molar-refractivity contribution in [3.05, 3.63) is 59.7 Å². The molecule has 6 nitrogen and oxygen atoms in total. The Bertz CT molecular complexity index is 844. The van der Waals surface area contributed by atoms with Crippen LogP contribution >= 0.6 is 0 Å². The lowest BCUT2D eigenvalue weighted by Gasteiger charge is -2.25. The summed E-state index contributed by atoms with van der Waals surface area (Å²) < 4.78 is 5.67. The highest BCUT2D eigenvalue weighted by molar-refractivity contribution is 5.99. The van der Waals surface area contributed by atoms with E-state index in [4.69, 9.17) is 4.74 Å². The summed E-state index contributed by atoms with van der Waals surface area (Å²) in [5.41, 5.74) is 3.02. The third-order valence-corrected chi connectivity index (χ3v) is 5.35. The number of rotatable bonds is 6. The highest BCUT2D eigenvalue weighted by atomic mass is 16.5. The van der Waals surface area contributed by atoms with Crippen LogP contribution in [0.5, 0.6) is 5.75 Å².